The van der Waals surface area contributed by atoms with E-state index in [9.17, 15) is 19.2 Å². The first-order chi connectivity index (χ1) is 15.2. The molecule has 2 atom stereocenters. The quantitative estimate of drug-likeness (QED) is 0.596. The van der Waals surface area contributed by atoms with Crippen molar-refractivity contribution in [3.05, 3.63) is 69.7 Å². The number of nitrogens with zero attached hydrogens (tertiary/aromatic N) is 1. The van der Waals surface area contributed by atoms with E-state index in [4.69, 9.17) is 27.9 Å². The summed E-state index contributed by atoms with van der Waals surface area (Å²) in [7, 11) is 0. The average molecular weight is 478 g/mol. The molecule has 1 heterocycles. The van der Waals surface area contributed by atoms with Gasteiger partial charge in [0.2, 0.25) is 5.91 Å². The molecule has 0 unspecified atom stereocenters. The van der Waals surface area contributed by atoms with Crippen LogP contribution in [0.5, 0.6) is 0 Å². The molecule has 2 aromatic carbocycles. The Labute approximate surface area is 194 Å². The lowest BCUT2D eigenvalue weighted by molar-refractivity contribution is -0.152. The third kappa shape index (κ3) is 5.99. The third-order valence-electron chi connectivity index (χ3n) is 4.90. The van der Waals surface area contributed by atoms with Gasteiger partial charge in [-0.25, -0.2) is 0 Å². The van der Waals surface area contributed by atoms with Crippen molar-refractivity contribution in [2.45, 2.75) is 19.4 Å². The van der Waals surface area contributed by atoms with E-state index in [1.54, 1.807) is 0 Å². The Balaban J connectivity index is 1.47. The van der Waals surface area contributed by atoms with Crippen molar-refractivity contribution in [2.24, 2.45) is 5.92 Å². The number of amides is 3. The van der Waals surface area contributed by atoms with E-state index in [-0.39, 0.29) is 29.6 Å². The first-order valence-electron chi connectivity index (χ1n) is 9.82. The van der Waals surface area contributed by atoms with Crippen molar-refractivity contribution in [3.63, 3.8) is 0 Å². The van der Waals surface area contributed by atoms with Crippen molar-refractivity contribution in [1.29, 1.82) is 0 Å². The van der Waals surface area contributed by atoms with Gasteiger partial charge in [-0.15, -0.1) is 0 Å². The van der Waals surface area contributed by atoms with Crippen LogP contribution >= 0.6 is 23.2 Å². The van der Waals surface area contributed by atoms with Crippen molar-refractivity contribution in [3.8, 4) is 0 Å². The number of hydrogen-bond donors (Lipinski definition) is 2. The molecule has 1 aliphatic heterocycles. The fourth-order valence-corrected chi connectivity index (χ4v) is 3.46. The molecular weight excluding hydrogens is 457 g/mol. The van der Waals surface area contributed by atoms with Gasteiger partial charge < -0.3 is 10.1 Å². The van der Waals surface area contributed by atoms with Gasteiger partial charge in [-0.3, -0.25) is 29.6 Å². The maximum Gasteiger partial charge on any atom is 0.311 e. The van der Waals surface area contributed by atoms with E-state index in [1.807, 2.05) is 37.3 Å². The number of nitrogens with one attached hydrogen (secondary N) is 2. The fourth-order valence-electron chi connectivity index (χ4n) is 3.16. The minimum atomic E-state index is -0.795. The van der Waals surface area contributed by atoms with Gasteiger partial charge >= 0.3 is 5.97 Å². The van der Waals surface area contributed by atoms with Gasteiger partial charge in [0.25, 0.3) is 11.8 Å². The summed E-state index contributed by atoms with van der Waals surface area (Å²) < 4.78 is 5.07. The highest BCUT2D eigenvalue weighted by atomic mass is 35.5. The van der Waals surface area contributed by atoms with Crippen LogP contribution in [0.3, 0.4) is 0 Å². The topological polar surface area (TPSA) is 105 Å². The molecule has 3 amide bonds. The molecule has 3 rings (SSSR count). The number of hydrogen-bond acceptors (Lipinski definition) is 5. The molecule has 1 fully saturated rings. The monoisotopic (exact) mass is 477 g/mol. The molecule has 1 saturated heterocycles. The Kier molecular flexibility index (Phi) is 7.71. The van der Waals surface area contributed by atoms with Crippen LogP contribution in [-0.4, -0.2) is 41.9 Å². The van der Waals surface area contributed by atoms with Gasteiger partial charge in [0.1, 0.15) is 0 Å². The first kappa shape index (κ1) is 23.6. The molecule has 1 aliphatic rings. The van der Waals surface area contributed by atoms with E-state index in [2.05, 4.69) is 10.7 Å². The van der Waals surface area contributed by atoms with Gasteiger partial charge in [0.05, 0.1) is 28.5 Å². The largest absolute Gasteiger partial charge is 0.455 e. The predicted molar refractivity (Wildman–Crippen MR) is 118 cm³/mol. The number of hydrazine groups is 1. The second kappa shape index (κ2) is 10.5. The minimum absolute atomic E-state index is 0.0627. The van der Waals surface area contributed by atoms with E-state index in [0.29, 0.717) is 5.02 Å². The molecular formula is C22H21Cl2N3O5. The second-order valence-corrected chi connectivity index (χ2v) is 8.10. The van der Waals surface area contributed by atoms with Crippen molar-refractivity contribution in [2.75, 3.05) is 13.2 Å². The lowest BCUT2D eigenvalue weighted by Crippen LogP contribution is -2.43. The van der Waals surface area contributed by atoms with Gasteiger partial charge in [-0.1, -0.05) is 53.5 Å². The number of carbonyl (C=O) groups excluding carboxylic acids is 4. The van der Waals surface area contributed by atoms with Crippen molar-refractivity contribution in [1.82, 2.24) is 15.8 Å². The summed E-state index contributed by atoms with van der Waals surface area (Å²) in [6.45, 7) is 1.29. The number of benzene rings is 2. The van der Waals surface area contributed by atoms with Gasteiger partial charge in [-0.05, 0) is 30.7 Å². The van der Waals surface area contributed by atoms with Gasteiger partial charge in [0, 0.05) is 12.0 Å². The molecule has 0 aromatic heterocycles. The van der Waals surface area contributed by atoms with Crippen LogP contribution in [0.25, 0.3) is 0 Å². The summed E-state index contributed by atoms with van der Waals surface area (Å²) in [5.41, 5.74) is 3.57. The lowest BCUT2D eigenvalue weighted by Gasteiger charge is -2.18. The highest BCUT2D eigenvalue weighted by Gasteiger charge is 2.36. The maximum absolute atomic E-state index is 12.3. The molecule has 0 bridgehead atoms. The maximum atomic E-state index is 12.3. The van der Waals surface area contributed by atoms with Crippen LogP contribution in [-0.2, 0) is 19.1 Å². The molecule has 0 aliphatic carbocycles. The first-order valence-corrected chi connectivity index (χ1v) is 10.6. The standard InChI is InChI=1S/C22H21Cl2N3O5/c1-13(14-5-3-2-4-6-14)25-19(28)12-32-22(31)16-10-20(29)27(11-16)26-21(30)15-7-8-17(23)18(24)9-15/h2-9,13,16H,10-12H2,1H3,(H,25,28)(H,26,30)/t13-,16+/m0/s1. The molecule has 2 aromatic rings. The number of rotatable bonds is 7. The average Bonchev–Trinajstić information content (AvgIpc) is 3.14. The number of halogens is 2. The zero-order valence-electron chi connectivity index (χ0n) is 17.1. The highest BCUT2D eigenvalue weighted by Crippen LogP contribution is 2.23. The summed E-state index contributed by atoms with van der Waals surface area (Å²) >= 11 is 11.7. The Bertz CT molecular complexity index is 1030. The Morgan fingerprint density at radius 1 is 1.12 bits per heavy atom. The molecule has 0 saturated carbocycles. The number of carbonyl (C=O) groups is 4. The van der Waals surface area contributed by atoms with Crippen LogP contribution in [0.4, 0.5) is 0 Å². The van der Waals surface area contributed by atoms with Crippen LogP contribution < -0.4 is 10.7 Å². The fraction of sp³-hybridized carbons (Fsp3) is 0.273. The van der Waals surface area contributed by atoms with Gasteiger partial charge in [0.15, 0.2) is 6.61 Å². The molecule has 32 heavy (non-hydrogen) atoms. The molecule has 0 spiro atoms. The third-order valence-corrected chi connectivity index (χ3v) is 5.64. The Hall–Kier alpha value is -3.10. The van der Waals surface area contributed by atoms with Crippen LogP contribution in [0, 0.1) is 5.92 Å². The molecule has 8 nitrogen and oxygen atoms in total. The summed E-state index contributed by atoms with van der Waals surface area (Å²) in [5, 5.41) is 4.29. The second-order valence-electron chi connectivity index (χ2n) is 7.28. The Morgan fingerprint density at radius 2 is 1.84 bits per heavy atom. The van der Waals surface area contributed by atoms with Gasteiger partial charge in [-0.2, -0.15) is 0 Å². The summed E-state index contributed by atoms with van der Waals surface area (Å²) in [6, 6.07) is 13.4. The van der Waals surface area contributed by atoms with E-state index >= 15 is 0 Å². The molecule has 10 heteroatoms. The molecule has 2 N–H and O–H groups in total. The summed E-state index contributed by atoms with van der Waals surface area (Å²) in [5.74, 6) is -2.95. The van der Waals surface area contributed by atoms with Crippen LogP contribution in [0.1, 0.15) is 35.3 Å². The smallest absolute Gasteiger partial charge is 0.311 e. The number of ether oxygens (including phenoxy) is 1. The summed E-state index contributed by atoms with van der Waals surface area (Å²) in [6.07, 6.45) is -0.136. The molecule has 168 valence electrons. The zero-order valence-corrected chi connectivity index (χ0v) is 18.7. The minimum Gasteiger partial charge on any atom is -0.455 e. The van der Waals surface area contributed by atoms with Crippen LogP contribution in [0.15, 0.2) is 48.5 Å². The lowest BCUT2D eigenvalue weighted by atomic mass is 10.1. The van der Waals surface area contributed by atoms with E-state index in [0.717, 1.165) is 10.6 Å². The van der Waals surface area contributed by atoms with Crippen molar-refractivity contribution >= 4 is 46.9 Å². The summed E-state index contributed by atoms with van der Waals surface area (Å²) in [4.78, 5) is 48.9. The van der Waals surface area contributed by atoms with Crippen LogP contribution in [0.2, 0.25) is 10.0 Å². The predicted octanol–water partition coefficient (Wildman–Crippen LogP) is 2.91. The zero-order chi connectivity index (χ0) is 23.3. The van der Waals surface area contributed by atoms with E-state index < -0.39 is 36.2 Å². The normalized spacial score (nSPS) is 16.4. The molecule has 0 radical (unpaired) electrons. The van der Waals surface area contributed by atoms with E-state index in [1.165, 1.54) is 18.2 Å². The Morgan fingerprint density at radius 3 is 2.53 bits per heavy atom. The SMILES string of the molecule is C[C@H](NC(=O)COC(=O)[C@@H]1CC(=O)N(NC(=O)c2ccc(Cl)c(Cl)c2)C1)c1ccccc1. The van der Waals surface area contributed by atoms with Crippen molar-refractivity contribution < 1.29 is 23.9 Å². The highest BCUT2D eigenvalue weighted by molar-refractivity contribution is 6.42. The number of esters is 1.